The summed E-state index contributed by atoms with van der Waals surface area (Å²) in [6, 6.07) is 0. The van der Waals surface area contributed by atoms with Gasteiger partial charge in [-0.15, -0.1) is 0 Å². The molecule has 0 spiro atoms. The molecule has 0 aromatic heterocycles. The molecule has 1 aliphatic rings. The van der Waals surface area contributed by atoms with Crippen molar-refractivity contribution in [1.82, 2.24) is 0 Å². The molecule has 0 atom stereocenters. The van der Waals surface area contributed by atoms with E-state index in [1.807, 2.05) is 0 Å². The molecule has 0 amide bonds. The highest BCUT2D eigenvalue weighted by Crippen LogP contribution is 2.21. The lowest BCUT2D eigenvalue weighted by molar-refractivity contribution is 0.324. The predicted octanol–water partition coefficient (Wildman–Crippen LogP) is 2.96. The third kappa shape index (κ3) is 8.35. The summed E-state index contributed by atoms with van der Waals surface area (Å²) in [6.07, 6.45) is 7.44. The zero-order valence-electron chi connectivity index (χ0n) is 7.35. The summed E-state index contributed by atoms with van der Waals surface area (Å²) in [5.74, 6) is 1.04. The fourth-order valence-corrected chi connectivity index (χ4v) is 1.31. The number of aliphatic hydroxyl groups is 1. The molecule has 0 radical (unpaired) electrons. The van der Waals surface area contributed by atoms with Crippen LogP contribution in [0, 0.1) is 5.92 Å². The molecule has 0 saturated heterocycles. The minimum atomic E-state index is 0.236. The van der Waals surface area contributed by atoms with Crippen molar-refractivity contribution < 1.29 is 5.11 Å². The van der Waals surface area contributed by atoms with Crippen molar-refractivity contribution in [1.29, 1.82) is 0 Å². The minimum absolute atomic E-state index is 0.236. The van der Waals surface area contributed by atoms with Crippen molar-refractivity contribution in [3.63, 3.8) is 0 Å². The molecule has 1 fully saturated rings. The highest BCUT2D eigenvalue weighted by molar-refractivity contribution is 9.09. The van der Waals surface area contributed by atoms with Gasteiger partial charge < -0.3 is 5.11 Å². The number of halogens is 1. The van der Waals surface area contributed by atoms with E-state index in [2.05, 4.69) is 22.9 Å². The molecule has 1 saturated carbocycles. The Morgan fingerprint density at radius 3 is 1.91 bits per heavy atom. The zero-order valence-corrected chi connectivity index (χ0v) is 8.94. The first-order valence-corrected chi connectivity index (χ1v) is 5.60. The van der Waals surface area contributed by atoms with Crippen LogP contribution in [0.3, 0.4) is 0 Å². The van der Waals surface area contributed by atoms with Gasteiger partial charge in [0.15, 0.2) is 0 Å². The molecule has 68 valence electrons. The maximum Gasteiger partial charge on any atom is 0.0528 e. The van der Waals surface area contributed by atoms with Crippen LogP contribution >= 0.6 is 15.9 Å². The van der Waals surface area contributed by atoms with Gasteiger partial charge in [-0.2, -0.15) is 0 Å². The van der Waals surface area contributed by atoms with Gasteiger partial charge in [0, 0.05) is 5.33 Å². The van der Waals surface area contributed by atoms with Crippen LogP contribution in [0.15, 0.2) is 0 Å². The lowest BCUT2D eigenvalue weighted by Crippen LogP contribution is -1.99. The third-order valence-corrected chi connectivity index (χ3v) is 2.33. The first-order chi connectivity index (χ1) is 5.31. The molecular formula is C9H19BrO. The van der Waals surface area contributed by atoms with Crippen molar-refractivity contribution in [2.45, 2.75) is 39.0 Å². The second-order valence-corrected chi connectivity index (χ2v) is 3.95. The molecule has 1 N–H and O–H groups in total. The van der Waals surface area contributed by atoms with Crippen LogP contribution in [0.25, 0.3) is 0 Å². The van der Waals surface area contributed by atoms with E-state index in [-0.39, 0.29) is 6.61 Å². The topological polar surface area (TPSA) is 20.2 Å². The molecule has 0 bridgehead atoms. The van der Waals surface area contributed by atoms with Crippen LogP contribution in [-0.4, -0.2) is 17.0 Å². The van der Waals surface area contributed by atoms with Crippen LogP contribution in [0.1, 0.15) is 39.0 Å². The molecule has 0 unspecified atom stereocenters. The first-order valence-electron chi connectivity index (χ1n) is 4.48. The van der Waals surface area contributed by atoms with Crippen LogP contribution < -0.4 is 0 Å². The Balaban J connectivity index is 0.000000218. The first kappa shape index (κ1) is 11.4. The maximum atomic E-state index is 7.83. The van der Waals surface area contributed by atoms with Gasteiger partial charge in [-0.1, -0.05) is 55.0 Å². The van der Waals surface area contributed by atoms with Crippen molar-refractivity contribution in [3.05, 3.63) is 0 Å². The zero-order chi connectivity index (χ0) is 8.53. The van der Waals surface area contributed by atoms with Crippen molar-refractivity contribution in [2.24, 2.45) is 5.92 Å². The Bertz CT molecular complexity index is 68.0. The van der Waals surface area contributed by atoms with Gasteiger partial charge in [0.1, 0.15) is 0 Å². The average molecular weight is 223 g/mol. The SMILES string of the molecule is CC1CCCCC1.OCCBr. The maximum absolute atomic E-state index is 7.83. The van der Waals surface area contributed by atoms with E-state index in [0.717, 1.165) is 5.92 Å². The monoisotopic (exact) mass is 222 g/mol. The summed E-state index contributed by atoms with van der Waals surface area (Å²) in [6.45, 7) is 2.60. The second-order valence-electron chi connectivity index (χ2n) is 3.16. The Hall–Kier alpha value is 0.440. The van der Waals surface area contributed by atoms with Crippen LogP contribution in [0.5, 0.6) is 0 Å². The Morgan fingerprint density at radius 2 is 1.73 bits per heavy atom. The van der Waals surface area contributed by atoms with Gasteiger partial charge >= 0.3 is 0 Å². The molecule has 1 rings (SSSR count). The summed E-state index contributed by atoms with van der Waals surface area (Å²) in [5.41, 5.74) is 0. The predicted molar refractivity (Wildman–Crippen MR) is 53.1 cm³/mol. The number of aliphatic hydroxyl groups excluding tert-OH is 1. The van der Waals surface area contributed by atoms with Crippen molar-refractivity contribution in [2.75, 3.05) is 11.9 Å². The molecule has 0 heterocycles. The molecular weight excluding hydrogens is 204 g/mol. The van der Waals surface area contributed by atoms with E-state index in [1.165, 1.54) is 32.1 Å². The summed E-state index contributed by atoms with van der Waals surface area (Å²) < 4.78 is 0. The summed E-state index contributed by atoms with van der Waals surface area (Å²) in [7, 11) is 0. The van der Waals surface area contributed by atoms with Gasteiger partial charge in [0.2, 0.25) is 0 Å². The lowest BCUT2D eigenvalue weighted by Gasteiger charge is -2.15. The van der Waals surface area contributed by atoms with Crippen molar-refractivity contribution >= 4 is 15.9 Å². The fourth-order valence-electron chi connectivity index (χ4n) is 1.31. The quantitative estimate of drug-likeness (QED) is 0.677. The minimum Gasteiger partial charge on any atom is -0.396 e. The van der Waals surface area contributed by atoms with E-state index >= 15 is 0 Å². The molecule has 1 aliphatic carbocycles. The van der Waals surface area contributed by atoms with Crippen LogP contribution in [-0.2, 0) is 0 Å². The highest BCUT2D eigenvalue weighted by Gasteiger charge is 2.05. The Kier molecular flexibility index (Phi) is 8.88. The van der Waals surface area contributed by atoms with Gasteiger partial charge in [0.25, 0.3) is 0 Å². The fraction of sp³-hybridized carbons (Fsp3) is 1.00. The smallest absolute Gasteiger partial charge is 0.0528 e. The van der Waals surface area contributed by atoms with E-state index < -0.39 is 0 Å². The van der Waals surface area contributed by atoms with E-state index in [4.69, 9.17) is 5.11 Å². The van der Waals surface area contributed by atoms with E-state index in [1.54, 1.807) is 0 Å². The Morgan fingerprint density at radius 1 is 1.27 bits per heavy atom. The highest BCUT2D eigenvalue weighted by atomic mass is 79.9. The summed E-state index contributed by atoms with van der Waals surface area (Å²) in [5, 5.41) is 8.52. The number of alkyl halides is 1. The standard InChI is InChI=1S/C7H14.C2H5BrO/c1-7-5-3-2-4-6-7;3-1-2-4/h7H,2-6H2,1H3;4H,1-2H2. The molecule has 2 heteroatoms. The molecule has 11 heavy (non-hydrogen) atoms. The molecule has 1 nitrogen and oxygen atoms in total. The molecule has 0 aromatic rings. The largest absolute Gasteiger partial charge is 0.396 e. The molecule has 0 aromatic carbocycles. The number of hydrogen-bond acceptors (Lipinski definition) is 1. The van der Waals surface area contributed by atoms with Crippen molar-refractivity contribution in [3.8, 4) is 0 Å². The second kappa shape index (κ2) is 8.54. The number of hydrogen-bond donors (Lipinski definition) is 1. The molecule has 0 aliphatic heterocycles. The summed E-state index contributed by atoms with van der Waals surface area (Å²) in [4.78, 5) is 0. The van der Waals surface area contributed by atoms with Gasteiger partial charge in [0.05, 0.1) is 6.61 Å². The van der Waals surface area contributed by atoms with E-state index in [0.29, 0.717) is 5.33 Å². The summed E-state index contributed by atoms with van der Waals surface area (Å²) >= 11 is 3.00. The van der Waals surface area contributed by atoms with Gasteiger partial charge in [-0.05, 0) is 5.92 Å². The van der Waals surface area contributed by atoms with E-state index in [9.17, 15) is 0 Å². The Labute approximate surface area is 78.3 Å². The van der Waals surface area contributed by atoms with Gasteiger partial charge in [-0.3, -0.25) is 0 Å². The average Bonchev–Trinajstić information content (AvgIpc) is 2.07. The van der Waals surface area contributed by atoms with Crippen LogP contribution in [0.2, 0.25) is 0 Å². The third-order valence-electron chi connectivity index (χ3n) is 1.98. The normalized spacial score (nSPS) is 18.8. The number of rotatable bonds is 1. The van der Waals surface area contributed by atoms with Gasteiger partial charge in [-0.25, -0.2) is 0 Å². The van der Waals surface area contributed by atoms with Crippen LogP contribution in [0.4, 0.5) is 0 Å². The lowest BCUT2D eigenvalue weighted by atomic mass is 9.91.